The van der Waals surface area contributed by atoms with E-state index >= 15 is 0 Å². The third-order valence-electron chi connectivity index (χ3n) is 5.45. The molecule has 1 aliphatic rings. The smallest absolute Gasteiger partial charge is 0.301 e. The molecule has 4 aromatic rings. The second-order valence-electron chi connectivity index (χ2n) is 7.42. The first kappa shape index (κ1) is 21.4. The molecule has 33 heavy (non-hydrogen) atoms. The monoisotopic (exact) mass is 520 g/mol. The number of ether oxygens (including phenoxy) is 1. The standard InChI is InChI=1S/C25H17BrN2O4S/c1-32-17-10-11-18-19(13-17)33-25(27-18)28-21(15-8-5-9-16(26)12-15)20(23(30)24(28)31)22(29)14-6-3-2-4-7-14/h2-13,21,29H,1H3/b22-20+. The molecule has 3 aromatic carbocycles. The zero-order valence-corrected chi connectivity index (χ0v) is 19.8. The van der Waals surface area contributed by atoms with E-state index in [0.29, 0.717) is 27.5 Å². The Morgan fingerprint density at radius 3 is 2.58 bits per heavy atom. The first-order valence-electron chi connectivity index (χ1n) is 10.0. The van der Waals surface area contributed by atoms with Crippen molar-refractivity contribution in [1.29, 1.82) is 0 Å². The van der Waals surface area contributed by atoms with Crippen LogP contribution in [-0.2, 0) is 9.59 Å². The van der Waals surface area contributed by atoms with Crippen molar-refractivity contribution in [2.24, 2.45) is 0 Å². The minimum atomic E-state index is -0.829. The molecule has 1 amide bonds. The number of amides is 1. The van der Waals surface area contributed by atoms with Gasteiger partial charge in [0.2, 0.25) is 0 Å². The van der Waals surface area contributed by atoms with Gasteiger partial charge in [0.05, 0.1) is 28.9 Å². The van der Waals surface area contributed by atoms with E-state index in [1.165, 1.54) is 16.2 Å². The van der Waals surface area contributed by atoms with Gasteiger partial charge >= 0.3 is 5.91 Å². The molecule has 6 nitrogen and oxygen atoms in total. The lowest BCUT2D eigenvalue weighted by Crippen LogP contribution is -2.29. The highest BCUT2D eigenvalue weighted by Gasteiger charge is 2.48. The van der Waals surface area contributed by atoms with Crippen molar-refractivity contribution >= 4 is 60.1 Å². The number of carbonyl (C=O) groups is 2. The summed E-state index contributed by atoms with van der Waals surface area (Å²) in [5.41, 5.74) is 1.86. The van der Waals surface area contributed by atoms with Crippen LogP contribution in [0.25, 0.3) is 16.0 Å². The van der Waals surface area contributed by atoms with Crippen LogP contribution in [0.5, 0.6) is 5.75 Å². The minimum absolute atomic E-state index is 0.0288. The molecule has 5 rings (SSSR count). The number of benzene rings is 3. The molecule has 0 radical (unpaired) electrons. The number of rotatable bonds is 4. The number of ketones is 1. The zero-order chi connectivity index (χ0) is 23.1. The quantitative estimate of drug-likeness (QED) is 0.212. The molecule has 1 N–H and O–H groups in total. The van der Waals surface area contributed by atoms with Gasteiger partial charge in [0, 0.05) is 10.0 Å². The van der Waals surface area contributed by atoms with E-state index in [-0.39, 0.29) is 11.3 Å². The molecule has 1 atom stereocenters. The van der Waals surface area contributed by atoms with Crippen molar-refractivity contribution in [2.75, 3.05) is 12.0 Å². The summed E-state index contributed by atoms with van der Waals surface area (Å²) >= 11 is 4.76. The third-order valence-corrected chi connectivity index (χ3v) is 6.96. The number of aromatic nitrogens is 1. The third kappa shape index (κ3) is 3.71. The average Bonchev–Trinajstić information content (AvgIpc) is 3.37. The van der Waals surface area contributed by atoms with Gasteiger partial charge in [-0.25, -0.2) is 4.98 Å². The number of hydrogen-bond acceptors (Lipinski definition) is 6. The van der Waals surface area contributed by atoms with Crippen molar-refractivity contribution in [2.45, 2.75) is 6.04 Å². The average molecular weight is 521 g/mol. The first-order valence-corrected chi connectivity index (χ1v) is 11.7. The summed E-state index contributed by atoms with van der Waals surface area (Å²) in [7, 11) is 1.58. The number of aliphatic hydroxyl groups is 1. The zero-order valence-electron chi connectivity index (χ0n) is 17.4. The lowest BCUT2D eigenvalue weighted by atomic mass is 9.95. The summed E-state index contributed by atoms with van der Waals surface area (Å²) in [6, 6.07) is 20.7. The molecule has 2 heterocycles. The van der Waals surface area contributed by atoms with Crippen LogP contribution >= 0.6 is 27.3 Å². The molecule has 1 saturated heterocycles. The fraction of sp³-hybridized carbons (Fsp3) is 0.0800. The number of thiazole rings is 1. The molecule has 0 spiro atoms. The lowest BCUT2D eigenvalue weighted by molar-refractivity contribution is -0.132. The number of nitrogens with zero attached hydrogens (tertiary/aromatic N) is 2. The number of halogens is 1. The van der Waals surface area contributed by atoms with Gasteiger partial charge in [-0.05, 0) is 35.9 Å². The van der Waals surface area contributed by atoms with Crippen LogP contribution in [0, 0.1) is 0 Å². The van der Waals surface area contributed by atoms with E-state index in [1.54, 1.807) is 37.4 Å². The molecule has 164 valence electrons. The Balaban J connectivity index is 1.73. The number of Topliss-reactive ketones (excluding diaryl/α,β-unsaturated/α-hetero) is 1. The highest BCUT2D eigenvalue weighted by Crippen LogP contribution is 2.44. The fourth-order valence-corrected chi connectivity index (χ4v) is 5.33. The Kier molecular flexibility index (Phi) is 5.47. The van der Waals surface area contributed by atoms with E-state index in [9.17, 15) is 14.7 Å². The van der Waals surface area contributed by atoms with E-state index in [4.69, 9.17) is 4.74 Å². The SMILES string of the molecule is COc1ccc2nc(N3C(=O)C(=O)/C(=C(/O)c4ccccc4)C3c3cccc(Br)c3)sc2c1. The van der Waals surface area contributed by atoms with Crippen LogP contribution in [0.15, 0.2) is 82.8 Å². The van der Waals surface area contributed by atoms with Crippen molar-refractivity contribution < 1.29 is 19.4 Å². The summed E-state index contributed by atoms with van der Waals surface area (Å²) in [4.78, 5) is 32.5. The Bertz CT molecular complexity index is 1430. The van der Waals surface area contributed by atoms with Crippen molar-refractivity contribution in [3.8, 4) is 5.75 Å². The van der Waals surface area contributed by atoms with E-state index in [0.717, 1.165) is 9.17 Å². The van der Waals surface area contributed by atoms with Gasteiger partial charge in [-0.15, -0.1) is 0 Å². The van der Waals surface area contributed by atoms with E-state index in [2.05, 4.69) is 20.9 Å². The predicted octanol–water partition coefficient (Wildman–Crippen LogP) is 5.69. The van der Waals surface area contributed by atoms with E-state index < -0.39 is 17.7 Å². The number of anilines is 1. The normalized spacial score (nSPS) is 17.6. The second-order valence-corrected chi connectivity index (χ2v) is 9.34. The number of fused-ring (bicyclic) bond motifs is 1. The Labute approximate surface area is 201 Å². The predicted molar refractivity (Wildman–Crippen MR) is 132 cm³/mol. The minimum Gasteiger partial charge on any atom is -0.507 e. The van der Waals surface area contributed by atoms with Crippen molar-refractivity contribution in [3.63, 3.8) is 0 Å². The van der Waals surface area contributed by atoms with Gasteiger partial charge in [-0.2, -0.15) is 0 Å². The van der Waals surface area contributed by atoms with Gasteiger partial charge in [-0.3, -0.25) is 14.5 Å². The van der Waals surface area contributed by atoms with Crippen LogP contribution in [-0.4, -0.2) is 28.9 Å². The molecule has 0 saturated carbocycles. The number of hydrogen-bond donors (Lipinski definition) is 1. The summed E-state index contributed by atoms with van der Waals surface area (Å²) in [6.45, 7) is 0. The molecule has 0 aliphatic carbocycles. The molecule has 1 unspecified atom stereocenters. The summed E-state index contributed by atoms with van der Waals surface area (Å²) in [6.07, 6.45) is 0. The molecule has 1 fully saturated rings. The van der Waals surface area contributed by atoms with E-state index in [1.807, 2.05) is 42.5 Å². The number of aliphatic hydroxyl groups excluding tert-OH is 1. The lowest BCUT2D eigenvalue weighted by Gasteiger charge is -2.23. The van der Waals surface area contributed by atoms with Crippen molar-refractivity contribution in [1.82, 2.24) is 4.98 Å². The van der Waals surface area contributed by atoms with Gasteiger partial charge < -0.3 is 9.84 Å². The molecular weight excluding hydrogens is 504 g/mol. The highest BCUT2D eigenvalue weighted by atomic mass is 79.9. The molecule has 1 aliphatic heterocycles. The number of carbonyl (C=O) groups excluding carboxylic acids is 2. The maximum absolute atomic E-state index is 13.3. The summed E-state index contributed by atoms with van der Waals surface area (Å²) in [5, 5.41) is 11.5. The van der Waals surface area contributed by atoms with Crippen LogP contribution in [0.4, 0.5) is 5.13 Å². The van der Waals surface area contributed by atoms with Crippen LogP contribution in [0.2, 0.25) is 0 Å². The summed E-state index contributed by atoms with van der Waals surface area (Å²) < 4.78 is 6.91. The van der Waals surface area contributed by atoms with Gasteiger partial charge in [0.1, 0.15) is 11.5 Å². The van der Waals surface area contributed by atoms with Gasteiger partial charge in [0.15, 0.2) is 5.13 Å². The van der Waals surface area contributed by atoms with Crippen LogP contribution in [0.1, 0.15) is 17.2 Å². The largest absolute Gasteiger partial charge is 0.507 e. The number of methoxy groups -OCH3 is 1. The topological polar surface area (TPSA) is 79.7 Å². The molecule has 1 aromatic heterocycles. The fourth-order valence-electron chi connectivity index (χ4n) is 3.90. The molecule has 8 heteroatoms. The maximum Gasteiger partial charge on any atom is 0.301 e. The molecule has 0 bridgehead atoms. The Morgan fingerprint density at radius 2 is 1.85 bits per heavy atom. The Morgan fingerprint density at radius 1 is 1.06 bits per heavy atom. The van der Waals surface area contributed by atoms with Gasteiger partial charge in [-0.1, -0.05) is 69.7 Å². The van der Waals surface area contributed by atoms with Gasteiger partial charge in [0.25, 0.3) is 5.78 Å². The maximum atomic E-state index is 13.3. The summed E-state index contributed by atoms with van der Waals surface area (Å²) in [5.74, 6) is -1.03. The van der Waals surface area contributed by atoms with Crippen LogP contribution < -0.4 is 9.64 Å². The highest BCUT2D eigenvalue weighted by molar-refractivity contribution is 9.10. The van der Waals surface area contributed by atoms with Crippen LogP contribution in [0.3, 0.4) is 0 Å². The first-order chi connectivity index (χ1) is 16.0. The Hall–Kier alpha value is -3.49. The molecular formula is C25H17BrN2O4S. The second kappa shape index (κ2) is 8.46. The van der Waals surface area contributed by atoms with Crippen molar-refractivity contribution in [3.05, 3.63) is 94.0 Å².